The molecule has 20 heavy (non-hydrogen) atoms. The highest BCUT2D eigenvalue weighted by atomic mass is 35.5. The second-order valence-corrected chi connectivity index (χ2v) is 4.55. The molecule has 1 aromatic rings. The number of esters is 1. The first kappa shape index (κ1) is 16.3. The largest absolute Gasteiger partial charge is 0.495 e. The predicted octanol–water partition coefficient (Wildman–Crippen LogP) is 1.39. The van der Waals surface area contributed by atoms with Crippen molar-refractivity contribution in [1.29, 1.82) is 0 Å². The van der Waals surface area contributed by atoms with Gasteiger partial charge in [0.05, 0.1) is 32.3 Å². The molecular formula is C13H17ClN2O4. The Bertz CT molecular complexity index is 493. The van der Waals surface area contributed by atoms with Gasteiger partial charge in [-0.05, 0) is 25.2 Å². The molecule has 0 unspecified atom stereocenters. The number of halogens is 1. The van der Waals surface area contributed by atoms with Crippen LogP contribution in [0, 0.1) is 0 Å². The van der Waals surface area contributed by atoms with Crippen molar-refractivity contribution in [2.75, 3.05) is 39.7 Å². The van der Waals surface area contributed by atoms with Crippen LogP contribution in [-0.4, -0.2) is 51.1 Å². The van der Waals surface area contributed by atoms with Gasteiger partial charge in [0.1, 0.15) is 5.75 Å². The van der Waals surface area contributed by atoms with Gasteiger partial charge in [0, 0.05) is 5.69 Å². The summed E-state index contributed by atoms with van der Waals surface area (Å²) in [5.74, 6) is -0.113. The fourth-order valence-electron chi connectivity index (χ4n) is 1.53. The van der Waals surface area contributed by atoms with Crippen LogP contribution in [0.1, 0.15) is 0 Å². The van der Waals surface area contributed by atoms with Crippen LogP contribution in [0.3, 0.4) is 0 Å². The molecule has 7 heteroatoms. The lowest BCUT2D eigenvalue weighted by Gasteiger charge is -2.15. The minimum atomic E-state index is -0.396. The summed E-state index contributed by atoms with van der Waals surface area (Å²) in [6.45, 7) is 0.117. The zero-order chi connectivity index (χ0) is 15.1. The van der Waals surface area contributed by atoms with Crippen LogP contribution in [-0.2, 0) is 14.3 Å². The molecule has 1 aromatic carbocycles. The zero-order valence-corrected chi connectivity index (χ0v) is 12.4. The summed E-state index contributed by atoms with van der Waals surface area (Å²) in [6, 6.07) is 4.94. The average molecular weight is 301 g/mol. The Hall–Kier alpha value is -1.79. The summed E-state index contributed by atoms with van der Waals surface area (Å²) < 4.78 is 9.54. The monoisotopic (exact) mass is 300 g/mol. The third-order valence-corrected chi connectivity index (χ3v) is 2.77. The van der Waals surface area contributed by atoms with E-state index in [4.69, 9.17) is 16.3 Å². The highest BCUT2D eigenvalue weighted by Crippen LogP contribution is 2.27. The molecule has 0 fully saturated rings. The van der Waals surface area contributed by atoms with Gasteiger partial charge in [-0.2, -0.15) is 0 Å². The minimum Gasteiger partial charge on any atom is -0.495 e. The molecule has 1 N–H and O–H groups in total. The smallest absolute Gasteiger partial charge is 0.319 e. The van der Waals surface area contributed by atoms with E-state index in [0.29, 0.717) is 16.5 Å². The first-order chi connectivity index (χ1) is 9.46. The molecule has 0 aromatic heterocycles. The van der Waals surface area contributed by atoms with Gasteiger partial charge in [-0.1, -0.05) is 11.6 Å². The predicted molar refractivity (Wildman–Crippen MR) is 76.1 cm³/mol. The fraction of sp³-hybridized carbons (Fsp3) is 0.385. The van der Waals surface area contributed by atoms with Gasteiger partial charge in [0.2, 0.25) is 5.91 Å². The van der Waals surface area contributed by atoms with Gasteiger partial charge in [-0.3, -0.25) is 14.5 Å². The van der Waals surface area contributed by atoms with E-state index in [1.54, 1.807) is 30.1 Å². The second-order valence-electron chi connectivity index (χ2n) is 4.15. The van der Waals surface area contributed by atoms with E-state index in [1.807, 2.05) is 0 Å². The number of hydrogen-bond donors (Lipinski definition) is 1. The third kappa shape index (κ3) is 5.07. The molecule has 1 rings (SSSR count). The van der Waals surface area contributed by atoms with Crippen molar-refractivity contribution < 1.29 is 19.1 Å². The SMILES string of the molecule is COC(=O)CN(C)CC(=O)Nc1ccc(OC)c(Cl)c1. The summed E-state index contributed by atoms with van der Waals surface area (Å²) in [5, 5.41) is 3.09. The number of rotatable bonds is 6. The molecule has 110 valence electrons. The van der Waals surface area contributed by atoms with Crippen molar-refractivity contribution in [2.45, 2.75) is 0 Å². The summed E-state index contributed by atoms with van der Waals surface area (Å²) in [7, 11) is 4.47. The van der Waals surface area contributed by atoms with Gasteiger partial charge < -0.3 is 14.8 Å². The third-order valence-electron chi connectivity index (χ3n) is 2.48. The summed E-state index contributed by atoms with van der Waals surface area (Å²) in [5.41, 5.74) is 0.562. The molecule has 0 bridgehead atoms. The normalized spacial score (nSPS) is 10.2. The molecule has 0 radical (unpaired) electrons. The van der Waals surface area contributed by atoms with E-state index < -0.39 is 5.97 Å². The van der Waals surface area contributed by atoms with Crippen LogP contribution < -0.4 is 10.1 Å². The number of amides is 1. The highest BCUT2D eigenvalue weighted by molar-refractivity contribution is 6.32. The van der Waals surface area contributed by atoms with Crippen molar-refractivity contribution in [1.82, 2.24) is 4.90 Å². The van der Waals surface area contributed by atoms with Crippen molar-refractivity contribution in [2.24, 2.45) is 0 Å². The molecular weight excluding hydrogens is 284 g/mol. The number of nitrogens with one attached hydrogen (secondary N) is 1. The van der Waals surface area contributed by atoms with Crippen LogP contribution in [0.5, 0.6) is 5.75 Å². The second kappa shape index (κ2) is 7.72. The van der Waals surface area contributed by atoms with E-state index >= 15 is 0 Å². The molecule has 0 heterocycles. The molecule has 0 spiro atoms. The standard InChI is InChI=1S/C13H17ClN2O4/c1-16(8-13(18)20-3)7-12(17)15-9-4-5-11(19-2)10(14)6-9/h4-6H,7-8H2,1-3H3,(H,15,17). The maximum atomic E-state index is 11.8. The van der Waals surface area contributed by atoms with E-state index in [0.717, 1.165) is 0 Å². The number of methoxy groups -OCH3 is 2. The van der Waals surface area contributed by atoms with Gasteiger partial charge in [0.25, 0.3) is 0 Å². The number of anilines is 1. The lowest BCUT2D eigenvalue weighted by molar-refractivity contribution is -0.141. The maximum absolute atomic E-state index is 11.8. The van der Waals surface area contributed by atoms with Crippen LogP contribution in [0.2, 0.25) is 5.02 Å². The van der Waals surface area contributed by atoms with E-state index in [9.17, 15) is 9.59 Å². The minimum absolute atomic E-state index is 0.0489. The molecule has 0 aliphatic carbocycles. The molecule has 0 aliphatic heterocycles. The summed E-state index contributed by atoms with van der Waals surface area (Å²) in [4.78, 5) is 24.4. The van der Waals surface area contributed by atoms with Gasteiger partial charge in [-0.15, -0.1) is 0 Å². The van der Waals surface area contributed by atoms with Crippen LogP contribution in [0.25, 0.3) is 0 Å². The molecule has 1 amide bonds. The molecule has 6 nitrogen and oxygen atoms in total. The Morgan fingerprint density at radius 1 is 1.30 bits per heavy atom. The van der Waals surface area contributed by atoms with Crippen molar-refractivity contribution >= 4 is 29.2 Å². The van der Waals surface area contributed by atoms with Crippen LogP contribution in [0.15, 0.2) is 18.2 Å². The lowest BCUT2D eigenvalue weighted by Crippen LogP contribution is -2.34. The Kier molecular flexibility index (Phi) is 6.27. The first-order valence-electron chi connectivity index (χ1n) is 5.85. The Balaban J connectivity index is 2.54. The van der Waals surface area contributed by atoms with Crippen molar-refractivity contribution in [3.63, 3.8) is 0 Å². The van der Waals surface area contributed by atoms with Gasteiger partial charge in [-0.25, -0.2) is 0 Å². The van der Waals surface area contributed by atoms with Crippen LogP contribution >= 0.6 is 11.6 Å². The Morgan fingerprint density at radius 2 is 2.00 bits per heavy atom. The number of carbonyl (C=O) groups is 2. The molecule has 0 aliphatic rings. The topological polar surface area (TPSA) is 67.9 Å². The van der Waals surface area contributed by atoms with Gasteiger partial charge in [0.15, 0.2) is 0 Å². The van der Waals surface area contributed by atoms with Crippen molar-refractivity contribution in [3.8, 4) is 5.75 Å². The Morgan fingerprint density at radius 3 is 2.55 bits per heavy atom. The van der Waals surface area contributed by atoms with E-state index in [2.05, 4.69) is 10.1 Å². The quantitative estimate of drug-likeness (QED) is 0.804. The number of carbonyl (C=O) groups excluding carboxylic acids is 2. The summed E-state index contributed by atoms with van der Waals surface area (Å²) in [6.07, 6.45) is 0. The average Bonchev–Trinajstić information content (AvgIpc) is 2.38. The number of benzene rings is 1. The van der Waals surface area contributed by atoms with Crippen molar-refractivity contribution in [3.05, 3.63) is 23.2 Å². The number of ether oxygens (including phenoxy) is 2. The molecule has 0 saturated heterocycles. The number of likely N-dealkylation sites (N-methyl/N-ethyl adjacent to an activating group) is 1. The highest BCUT2D eigenvalue weighted by Gasteiger charge is 2.11. The Labute approximate surface area is 122 Å². The van der Waals surface area contributed by atoms with Crippen LogP contribution in [0.4, 0.5) is 5.69 Å². The zero-order valence-electron chi connectivity index (χ0n) is 11.6. The summed E-state index contributed by atoms with van der Waals surface area (Å²) >= 11 is 5.96. The molecule has 0 saturated carbocycles. The molecule has 0 atom stereocenters. The van der Waals surface area contributed by atoms with E-state index in [1.165, 1.54) is 14.2 Å². The maximum Gasteiger partial charge on any atom is 0.319 e. The number of nitrogens with zero attached hydrogens (tertiary/aromatic N) is 1. The number of hydrogen-bond acceptors (Lipinski definition) is 5. The fourth-order valence-corrected chi connectivity index (χ4v) is 1.79. The van der Waals surface area contributed by atoms with Gasteiger partial charge >= 0.3 is 5.97 Å². The first-order valence-corrected chi connectivity index (χ1v) is 6.22. The van der Waals surface area contributed by atoms with E-state index in [-0.39, 0.29) is 19.0 Å². The lowest BCUT2D eigenvalue weighted by atomic mass is 10.3.